The molecule has 0 radical (unpaired) electrons. The van der Waals surface area contributed by atoms with Crippen LogP contribution in [0.25, 0.3) is 0 Å². The highest BCUT2D eigenvalue weighted by atomic mass is 16.5. The predicted molar refractivity (Wildman–Crippen MR) is 84.5 cm³/mol. The van der Waals surface area contributed by atoms with E-state index in [0.717, 1.165) is 17.9 Å². The van der Waals surface area contributed by atoms with Gasteiger partial charge in [0.1, 0.15) is 11.5 Å². The molecular weight excluding hydrogens is 246 g/mol. The first-order chi connectivity index (χ1) is 9.60. The Kier molecular flexibility index (Phi) is 4.80. The van der Waals surface area contributed by atoms with E-state index in [1.807, 2.05) is 12.1 Å². The highest BCUT2D eigenvalue weighted by Crippen LogP contribution is 2.31. The summed E-state index contributed by atoms with van der Waals surface area (Å²) >= 11 is 0. The average Bonchev–Trinajstić information content (AvgIpc) is 2.39. The molecule has 0 spiro atoms. The number of hydrogen-bond donors (Lipinski definition) is 1. The van der Waals surface area contributed by atoms with E-state index in [1.54, 1.807) is 0 Å². The molecule has 0 saturated carbocycles. The molecule has 0 aliphatic heterocycles. The maximum absolute atomic E-state index is 6.10. The quantitative estimate of drug-likeness (QED) is 0.872. The molecule has 106 valence electrons. The highest BCUT2D eigenvalue weighted by molar-refractivity contribution is 5.42. The van der Waals surface area contributed by atoms with Gasteiger partial charge in [-0.05, 0) is 60.7 Å². The molecule has 2 heteroatoms. The largest absolute Gasteiger partial charge is 0.457 e. The van der Waals surface area contributed by atoms with Crippen LogP contribution in [0.4, 0.5) is 0 Å². The molecule has 0 aliphatic carbocycles. The van der Waals surface area contributed by atoms with Crippen molar-refractivity contribution < 1.29 is 4.74 Å². The van der Waals surface area contributed by atoms with Gasteiger partial charge in [0.25, 0.3) is 0 Å². The van der Waals surface area contributed by atoms with Crippen LogP contribution >= 0.6 is 0 Å². The lowest BCUT2D eigenvalue weighted by Crippen LogP contribution is -2.02. The first-order valence-corrected chi connectivity index (χ1v) is 7.17. The van der Waals surface area contributed by atoms with Crippen LogP contribution in [0.2, 0.25) is 0 Å². The van der Waals surface area contributed by atoms with Crippen LogP contribution < -0.4 is 10.5 Å². The van der Waals surface area contributed by atoms with Gasteiger partial charge in [-0.25, -0.2) is 0 Å². The minimum Gasteiger partial charge on any atom is -0.457 e. The molecule has 0 heterocycles. The number of nitrogens with two attached hydrogens (primary N) is 1. The molecule has 2 aromatic carbocycles. The summed E-state index contributed by atoms with van der Waals surface area (Å²) in [6.07, 6.45) is 0.877. The van der Waals surface area contributed by atoms with Crippen LogP contribution in [-0.4, -0.2) is 6.54 Å². The van der Waals surface area contributed by atoms with Crippen LogP contribution in [0.15, 0.2) is 42.5 Å². The van der Waals surface area contributed by atoms with E-state index in [1.165, 1.54) is 16.7 Å². The molecule has 2 aromatic rings. The number of ether oxygens (including phenoxy) is 1. The molecule has 0 aromatic heterocycles. The molecule has 0 saturated heterocycles. The van der Waals surface area contributed by atoms with E-state index >= 15 is 0 Å². The van der Waals surface area contributed by atoms with Gasteiger partial charge in [0.15, 0.2) is 0 Å². The molecule has 0 atom stereocenters. The standard InChI is InChI=1S/C18H23NO/c1-13(2)17-8-7-14(3)11-18(17)20-16-6-4-5-15(12-16)9-10-19/h4-8,11-13H,9-10,19H2,1-3H3. The molecule has 0 unspecified atom stereocenters. The molecule has 0 bridgehead atoms. The Bertz CT molecular complexity index is 575. The summed E-state index contributed by atoms with van der Waals surface area (Å²) in [6.45, 7) is 7.11. The Balaban J connectivity index is 2.29. The fourth-order valence-corrected chi connectivity index (χ4v) is 2.27. The van der Waals surface area contributed by atoms with Gasteiger partial charge < -0.3 is 10.5 Å². The Morgan fingerprint density at radius 2 is 1.90 bits per heavy atom. The van der Waals surface area contributed by atoms with Crippen LogP contribution in [0, 0.1) is 6.92 Å². The van der Waals surface area contributed by atoms with E-state index in [4.69, 9.17) is 10.5 Å². The molecule has 0 fully saturated rings. The van der Waals surface area contributed by atoms with Crippen molar-refractivity contribution >= 4 is 0 Å². The maximum Gasteiger partial charge on any atom is 0.131 e. The smallest absolute Gasteiger partial charge is 0.131 e. The van der Waals surface area contributed by atoms with Crippen molar-refractivity contribution in [2.75, 3.05) is 6.54 Å². The zero-order valence-corrected chi connectivity index (χ0v) is 12.5. The number of hydrogen-bond acceptors (Lipinski definition) is 2. The lowest BCUT2D eigenvalue weighted by molar-refractivity contribution is 0.472. The van der Waals surface area contributed by atoms with Gasteiger partial charge in [-0.2, -0.15) is 0 Å². The second-order valence-corrected chi connectivity index (χ2v) is 5.48. The molecule has 0 amide bonds. The van der Waals surface area contributed by atoms with E-state index in [-0.39, 0.29) is 0 Å². The van der Waals surface area contributed by atoms with Gasteiger partial charge in [-0.15, -0.1) is 0 Å². The lowest BCUT2D eigenvalue weighted by Gasteiger charge is -2.15. The summed E-state index contributed by atoms with van der Waals surface area (Å²) in [5.41, 5.74) is 9.26. The zero-order valence-electron chi connectivity index (χ0n) is 12.5. The summed E-state index contributed by atoms with van der Waals surface area (Å²) < 4.78 is 6.10. The molecule has 2 rings (SSSR count). The minimum atomic E-state index is 0.442. The topological polar surface area (TPSA) is 35.2 Å². The van der Waals surface area contributed by atoms with Crippen molar-refractivity contribution in [2.24, 2.45) is 5.73 Å². The number of aryl methyl sites for hydroxylation is 1. The van der Waals surface area contributed by atoms with Gasteiger partial charge in [-0.3, -0.25) is 0 Å². The maximum atomic E-state index is 6.10. The van der Waals surface area contributed by atoms with Gasteiger partial charge in [-0.1, -0.05) is 38.1 Å². The van der Waals surface area contributed by atoms with Gasteiger partial charge in [0.05, 0.1) is 0 Å². The molecule has 2 N–H and O–H groups in total. The molecule has 20 heavy (non-hydrogen) atoms. The Labute approximate surface area is 121 Å². The Morgan fingerprint density at radius 1 is 1.10 bits per heavy atom. The third kappa shape index (κ3) is 3.61. The van der Waals surface area contributed by atoms with Crippen LogP contribution in [0.1, 0.15) is 36.5 Å². The van der Waals surface area contributed by atoms with Crippen molar-refractivity contribution in [1.29, 1.82) is 0 Å². The zero-order chi connectivity index (χ0) is 14.5. The van der Waals surface area contributed by atoms with Crippen molar-refractivity contribution in [3.8, 4) is 11.5 Å². The molecule has 2 nitrogen and oxygen atoms in total. The van der Waals surface area contributed by atoms with E-state index in [9.17, 15) is 0 Å². The van der Waals surface area contributed by atoms with Crippen molar-refractivity contribution in [3.05, 3.63) is 59.2 Å². The molecule has 0 aliphatic rings. The highest BCUT2D eigenvalue weighted by Gasteiger charge is 2.09. The van der Waals surface area contributed by atoms with Crippen molar-refractivity contribution in [2.45, 2.75) is 33.1 Å². The lowest BCUT2D eigenvalue weighted by atomic mass is 10.0. The van der Waals surface area contributed by atoms with Gasteiger partial charge >= 0.3 is 0 Å². The summed E-state index contributed by atoms with van der Waals surface area (Å²) in [5.74, 6) is 2.27. The summed E-state index contributed by atoms with van der Waals surface area (Å²) in [5, 5.41) is 0. The SMILES string of the molecule is Cc1ccc(C(C)C)c(Oc2cccc(CCN)c2)c1. The summed E-state index contributed by atoms with van der Waals surface area (Å²) in [7, 11) is 0. The first-order valence-electron chi connectivity index (χ1n) is 7.17. The summed E-state index contributed by atoms with van der Waals surface area (Å²) in [6, 6.07) is 14.5. The molecular formula is C18H23NO. The summed E-state index contributed by atoms with van der Waals surface area (Å²) in [4.78, 5) is 0. The minimum absolute atomic E-state index is 0.442. The fraction of sp³-hybridized carbons (Fsp3) is 0.333. The third-order valence-electron chi connectivity index (χ3n) is 3.35. The van der Waals surface area contributed by atoms with Gasteiger partial charge in [0.2, 0.25) is 0 Å². The van der Waals surface area contributed by atoms with E-state index < -0.39 is 0 Å². The predicted octanol–water partition coefficient (Wildman–Crippen LogP) is 4.41. The van der Waals surface area contributed by atoms with Crippen LogP contribution in [0.5, 0.6) is 11.5 Å². The van der Waals surface area contributed by atoms with Crippen molar-refractivity contribution in [1.82, 2.24) is 0 Å². The number of rotatable bonds is 5. The monoisotopic (exact) mass is 269 g/mol. The Hall–Kier alpha value is -1.80. The van der Waals surface area contributed by atoms with Gasteiger partial charge in [0, 0.05) is 0 Å². The van der Waals surface area contributed by atoms with E-state index in [0.29, 0.717) is 12.5 Å². The normalized spacial score (nSPS) is 10.8. The second-order valence-electron chi connectivity index (χ2n) is 5.48. The van der Waals surface area contributed by atoms with Crippen LogP contribution in [0.3, 0.4) is 0 Å². The third-order valence-corrected chi connectivity index (χ3v) is 3.35. The fourth-order valence-electron chi connectivity index (χ4n) is 2.27. The van der Waals surface area contributed by atoms with Crippen LogP contribution in [-0.2, 0) is 6.42 Å². The average molecular weight is 269 g/mol. The van der Waals surface area contributed by atoms with E-state index in [2.05, 4.69) is 51.1 Å². The number of benzene rings is 2. The first kappa shape index (κ1) is 14.6. The van der Waals surface area contributed by atoms with Crippen molar-refractivity contribution in [3.63, 3.8) is 0 Å². The second kappa shape index (κ2) is 6.58. The Morgan fingerprint density at radius 3 is 2.60 bits per heavy atom.